The molecule has 1 aromatic carbocycles. The highest BCUT2D eigenvalue weighted by molar-refractivity contribution is 5.77. The molecule has 2 heterocycles. The summed E-state index contributed by atoms with van der Waals surface area (Å²) in [6.07, 6.45) is 5.06. The maximum Gasteiger partial charge on any atom is 0.158 e. The maximum absolute atomic E-state index is 8.84. The number of aromatic nitrogens is 4. The van der Waals surface area contributed by atoms with Gasteiger partial charge < -0.3 is 20.5 Å². The first kappa shape index (κ1) is 19.7. The Morgan fingerprint density at radius 1 is 1.20 bits per heavy atom. The molecule has 30 heavy (non-hydrogen) atoms. The minimum absolute atomic E-state index is 0.0865. The van der Waals surface area contributed by atoms with Gasteiger partial charge in [0.05, 0.1) is 37.4 Å². The summed E-state index contributed by atoms with van der Waals surface area (Å²) in [6.45, 7) is 3.19. The topological polar surface area (TPSA) is 135 Å². The van der Waals surface area contributed by atoms with E-state index in [1.807, 2.05) is 31.2 Å². The highest BCUT2D eigenvalue weighted by atomic mass is 16.5. The number of ether oxygens (including phenoxy) is 2. The van der Waals surface area contributed by atoms with E-state index in [0.29, 0.717) is 30.5 Å². The number of nitrogens with one attached hydrogen (secondary N) is 2. The number of hydrogen-bond donors (Lipinski definition) is 3. The van der Waals surface area contributed by atoms with E-state index >= 15 is 0 Å². The summed E-state index contributed by atoms with van der Waals surface area (Å²) in [4.78, 5) is 8.15. The predicted octanol–water partition coefficient (Wildman–Crippen LogP) is 2.92. The molecule has 0 bridgehead atoms. The van der Waals surface area contributed by atoms with Crippen LogP contribution in [0.4, 0.5) is 11.6 Å². The van der Waals surface area contributed by atoms with Gasteiger partial charge in [-0.3, -0.25) is 5.10 Å². The number of hydrogen-bond acceptors (Lipinski definition) is 8. The predicted molar refractivity (Wildman–Crippen MR) is 112 cm³/mol. The van der Waals surface area contributed by atoms with Crippen LogP contribution in [0.3, 0.4) is 0 Å². The number of nitrogens with zero attached hydrogens (tertiary/aromatic N) is 4. The van der Waals surface area contributed by atoms with Crippen molar-refractivity contribution in [1.29, 1.82) is 5.26 Å². The van der Waals surface area contributed by atoms with Gasteiger partial charge in [0.2, 0.25) is 0 Å². The molecule has 1 aliphatic carbocycles. The highest BCUT2D eigenvalue weighted by Crippen LogP contribution is 2.46. The van der Waals surface area contributed by atoms with Gasteiger partial charge in [0, 0.05) is 18.0 Å². The van der Waals surface area contributed by atoms with Crippen LogP contribution in [0.2, 0.25) is 0 Å². The molecule has 3 aromatic rings. The smallest absolute Gasteiger partial charge is 0.158 e. The van der Waals surface area contributed by atoms with Crippen molar-refractivity contribution in [2.24, 2.45) is 11.1 Å². The molecule has 1 fully saturated rings. The molecule has 4 N–H and O–H groups in total. The molecular formula is C21H23N7O2. The Morgan fingerprint density at radius 2 is 2.00 bits per heavy atom. The number of H-pyrrole nitrogens is 1. The van der Waals surface area contributed by atoms with E-state index < -0.39 is 0 Å². The Morgan fingerprint density at radius 3 is 2.63 bits per heavy atom. The summed E-state index contributed by atoms with van der Waals surface area (Å²) < 4.78 is 11.8. The van der Waals surface area contributed by atoms with Gasteiger partial charge in [-0.2, -0.15) is 10.4 Å². The molecule has 1 saturated carbocycles. The number of rotatable bonds is 8. The summed E-state index contributed by atoms with van der Waals surface area (Å²) in [7, 11) is 1.63. The van der Waals surface area contributed by atoms with Crippen LogP contribution in [0, 0.1) is 23.7 Å². The third kappa shape index (κ3) is 4.04. The highest BCUT2D eigenvalue weighted by Gasteiger charge is 2.42. The summed E-state index contributed by atoms with van der Waals surface area (Å²) >= 11 is 0. The van der Waals surface area contributed by atoms with Gasteiger partial charge in [-0.25, -0.2) is 9.97 Å². The van der Waals surface area contributed by atoms with Gasteiger partial charge in [-0.15, -0.1) is 0 Å². The maximum atomic E-state index is 8.84. The van der Waals surface area contributed by atoms with Crippen molar-refractivity contribution in [3.63, 3.8) is 0 Å². The van der Waals surface area contributed by atoms with E-state index in [1.165, 1.54) is 12.4 Å². The first-order chi connectivity index (χ1) is 14.6. The van der Waals surface area contributed by atoms with Crippen LogP contribution in [-0.2, 0) is 0 Å². The van der Waals surface area contributed by atoms with Gasteiger partial charge in [-0.05, 0) is 37.5 Å². The van der Waals surface area contributed by atoms with Crippen molar-refractivity contribution in [2.45, 2.75) is 19.8 Å². The molecule has 9 heteroatoms. The zero-order valence-electron chi connectivity index (χ0n) is 16.9. The second kappa shape index (κ2) is 8.00. The van der Waals surface area contributed by atoms with Gasteiger partial charge in [-0.1, -0.05) is 0 Å². The van der Waals surface area contributed by atoms with Gasteiger partial charge in [0.1, 0.15) is 23.4 Å². The first-order valence-corrected chi connectivity index (χ1v) is 9.62. The molecule has 0 radical (unpaired) electrons. The SMILES string of the molecule is COc1cc(C)cc(OCC2(CN)CC2)c1-c1cc(Nc2cnc(C#N)cn2)n[nH]1. The molecule has 9 nitrogen and oxygen atoms in total. The Balaban J connectivity index is 1.61. The van der Waals surface area contributed by atoms with E-state index in [2.05, 4.69) is 25.5 Å². The molecule has 0 spiro atoms. The third-order valence-corrected chi connectivity index (χ3v) is 5.22. The second-order valence-corrected chi connectivity index (χ2v) is 7.52. The Labute approximate surface area is 174 Å². The standard InChI is InChI=1S/C21H23N7O2/c1-13-5-16(29-2)20(17(6-13)30-12-21(11-23)3-4-21)15-7-18(28-27-15)26-19-10-24-14(8-22)9-25-19/h5-7,9-10H,3-4,11-12,23H2,1-2H3,(H2,25,26,27,28). The molecular weight excluding hydrogens is 382 g/mol. The van der Waals surface area contributed by atoms with E-state index in [4.69, 9.17) is 20.5 Å². The average Bonchev–Trinajstić information content (AvgIpc) is 3.42. The van der Waals surface area contributed by atoms with E-state index in [9.17, 15) is 0 Å². The summed E-state index contributed by atoms with van der Waals surface area (Å²) in [5.41, 5.74) is 8.81. The number of aryl methyl sites for hydroxylation is 1. The Hall–Kier alpha value is -3.64. The zero-order valence-corrected chi connectivity index (χ0v) is 16.9. The van der Waals surface area contributed by atoms with Crippen molar-refractivity contribution < 1.29 is 9.47 Å². The molecule has 0 amide bonds. The molecule has 0 unspecified atom stereocenters. The van der Waals surface area contributed by atoms with Crippen LogP contribution < -0.4 is 20.5 Å². The molecule has 154 valence electrons. The first-order valence-electron chi connectivity index (χ1n) is 9.62. The largest absolute Gasteiger partial charge is 0.496 e. The van der Waals surface area contributed by atoms with Crippen molar-refractivity contribution in [3.05, 3.63) is 41.9 Å². The van der Waals surface area contributed by atoms with Crippen LogP contribution in [0.15, 0.2) is 30.6 Å². The Kier molecular flexibility index (Phi) is 5.25. The summed E-state index contributed by atoms with van der Waals surface area (Å²) in [5, 5.41) is 19.2. The average molecular weight is 405 g/mol. The van der Waals surface area contributed by atoms with Crippen molar-refractivity contribution in [1.82, 2.24) is 20.2 Å². The lowest BCUT2D eigenvalue weighted by atomic mass is 10.1. The van der Waals surface area contributed by atoms with Crippen LogP contribution in [0.5, 0.6) is 11.5 Å². The van der Waals surface area contributed by atoms with Crippen LogP contribution >= 0.6 is 0 Å². The van der Waals surface area contributed by atoms with Gasteiger partial charge in [0.15, 0.2) is 11.5 Å². The molecule has 0 saturated heterocycles. The van der Waals surface area contributed by atoms with Crippen LogP contribution in [0.1, 0.15) is 24.1 Å². The van der Waals surface area contributed by atoms with E-state index in [-0.39, 0.29) is 11.1 Å². The minimum Gasteiger partial charge on any atom is -0.496 e. The number of anilines is 2. The minimum atomic E-state index is 0.0865. The number of nitrogens with two attached hydrogens (primary N) is 1. The third-order valence-electron chi connectivity index (χ3n) is 5.22. The van der Waals surface area contributed by atoms with Crippen LogP contribution in [0.25, 0.3) is 11.3 Å². The monoisotopic (exact) mass is 405 g/mol. The van der Waals surface area contributed by atoms with Gasteiger partial charge >= 0.3 is 0 Å². The molecule has 0 atom stereocenters. The fourth-order valence-corrected chi connectivity index (χ4v) is 3.17. The Bertz CT molecular complexity index is 1080. The molecule has 1 aliphatic rings. The van der Waals surface area contributed by atoms with E-state index in [1.54, 1.807) is 7.11 Å². The van der Waals surface area contributed by atoms with Crippen molar-refractivity contribution >= 4 is 11.6 Å². The van der Waals surface area contributed by atoms with Crippen LogP contribution in [-0.4, -0.2) is 40.4 Å². The van der Waals surface area contributed by atoms with Gasteiger partial charge in [0.25, 0.3) is 0 Å². The number of nitriles is 1. The van der Waals surface area contributed by atoms with Crippen molar-refractivity contribution in [2.75, 3.05) is 25.6 Å². The molecule has 2 aromatic heterocycles. The quantitative estimate of drug-likeness (QED) is 0.521. The number of aromatic amines is 1. The summed E-state index contributed by atoms with van der Waals surface area (Å²) in [6, 6.07) is 7.73. The fraction of sp³-hybridized carbons (Fsp3) is 0.333. The van der Waals surface area contributed by atoms with Crippen molar-refractivity contribution in [3.8, 4) is 28.8 Å². The number of methoxy groups -OCH3 is 1. The molecule has 4 rings (SSSR count). The lowest BCUT2D eigenvalue weighted by molar-refractivity contribution is 0.239. The summed E-state index contributed by atoms with van der Waals surface area (Å²) in [5.74, 6) is 2.45. The lowest BCUT2D eigenvalue weighted by Gasteiger charge is -2.18. The molecule has 0 aliphatic heterocycles. The fourth-order valence-electron chi connectivity index (χ4n) is 3.17. The number of benzene rings is 1. The normalized spacial score (nSPS) is 14.1. The van der Waals surface area contributed by atoms with E-state index in [0.717, 1.165) is 35.4 Å². The zero-order chi connectivity index (χ0) is 21.1. The second-order valence-electron chi connectivity index (χ2n) is 7.52. The lowest BCUT2D eigenvalue weighted by Crippen LogP contribution is -2.23.